The SMILES string of the molecule is CSCC[C@H](NC(=O)CNC(=O)[C@@H](NC(=O)CNC(=O)[C@@H](NC(=O)CNC(=O)[C@H](CC(N)=O)NC(=O)[C@H](CN)NC(=O)[C@H](Cc1ccccc1)NC(=O)[C@@H](N)CO)C(C)C)[C@@H](C)O)C(=O)N[C@@H](CCCCN)C(=O)N[C@@H](CCCCN)C(=O)N[C@H](C(=O)N[C@@H](CO)C(=O)N[C@@H](Cc1ccccc1)C(=O)N[C@@H](CCC(N)=O)C(=O)N[C@@H](CCCNC(=N)N)C(=O)N[C@@H](C)C(=O)N[C@@H](CCCCN)C(=O)N[C@@H](CO)C(=O)O)[C@@H](C)O. The molecule has 43 N–H and O–H groups in total. The number of benzene rings is 2. The number of aliphatic carboxylic acids is 1. The lowest BCUT2D eigenvalue weighted by atomic mass is 10.0. The van der Waals surface area contributed by atoms with E-state index in [-0.39, 0.29) is 109 Å². The average Bonchev–Trinajstić information content (AvgIpc) is 0.845. The average molecular weight is 2120 g/mol. The van der Waals surface area contributed by atoms with Gasteiger partial charge in [0.1, 0.15) is 103 Å². The highest BCUT2D eigenvalue weighted by Crippen LogP contribution is 2.15. The molecular weight excluding hydrogens is 1970 g/mol. The van der Waals surface area contributed by atoms with Crippen LogP contribution in [0.1, 0.15) is 142 Å². The molecule has 0 bridgehead atoms. The van der Waals surface area contributed by atoms with E-state index in [2.05, 4.69) is 106 Å². The fourth-order valence-corrected chi connectivity index (χ4v) is 14.4. The number of guanidine groups is 1. The Labute approximate surface area is 858 Å². The predicted octanol–water partition coefficient (Wildman–Crippen LogP) is -15.1. The number of nitrogens with two attached hydrogens (primary N) is 8. The number of aliphatic hydroxyl groups is 5. The van der Waals surface area contributed by atoms with Crippen LogP contribution < -0.4 is 152 Å². The number of carbonyl (C=O) groups is 22. The molecule has 21 amide bonds. The number of primary amides is 2. The molecule has 0 aliphatic heterocycles. The molecule has 2 aromatic rings. The zero-order valence-electron chi connectivity index (χ0n) is 83.5. The van der Waals surface area contributed by atoms with E-state index in [9.17, 15) is 136 Å². The topological polar surface area (TPSA) is 970 Å². The molecule has 0 radical (unpaired) electrons. The lowest BCUT2D eigenvalue weighted by molar-refractivity contribution is -0.143. The van der Waals surface area contributed by atoms with E-state index >= 15 is 0 Å². The summed E-state index contributed by atoms with van der Waals surface area (Å²) in [4.78, 5) is 299. The maximum absolute atomic E-state index is 14.7. The van der Waals surface area contributed by atoms with Crippen molar-refractivity contribution in [2.45, 2.75) is 259 Å². The van der Waals surface area contributed by atoms with Crippen molar-refractivity contribution in [1.82, 2.24) is 106 Å². The highest BCUT2D eigenvalue weighted by atomic mass is 32.2. The summed E-state index contributed by atoms with van der Waals surface area (Å²) < 4.78 is 0. The van der Waals surface area contributed by atoms with Crippen LogP contribution >= 0.6 is 11.8 Å². The van der Waals surface area contributed by atoms with E-state index in [1.54, 1.807) is 66.9 Å². The largest absolute Gasteiger partial charge is 0.480 e. The van der Waals surface area contributed by atoms with Gasteiger partial charge in [0.05, 0.1) is 58.1 Å². The summed E-state index contributed by atoms with van der Waals surface area (Å²) in [6.45, 7) is 0.438. The lowest BCUT2D eigenvalue weighted by Gasteiger charge is -2.29. The summed E-state index contributed by atoms with van der Waals surface area (Å²) >= 11 is 1.25. The van der Waals surface area contributed by atoms with Gasteiger partial charge in [-0.2, -0.15) is 11.8 Å². The first-order valence-corrected chi connectivity index (χ1v) is 49.3. The van der Waals surface area contributed by atoms with Gasteiger partial charge >= 0.3 is 5.97 Å². The third kappa shape index (κ3) is 50.4. The van der Waals surface area contributed by atoms with Crippen LogP contribution in [0.2, 0.25) is 0 Å². The number of rotatable bonds is 74. The number of thioether (sulfide) groups is 1. The number of carboxylic acid groups (broad SMARTS) is 1. The fourth-order valence-electron chi connectivity index (χ4n) is 13.9. The highest BCUT2D eigenvalue weighted by molar-refractivity contribution is 7.98. The Hall–Kier alpha value is -14.0. The zero-order chi connectivity index (χ0) is 111. The Bertz CT molecular complexity index is 4710. The van der Waals surface area contributed by atoms with Crippen LogP contribution in [0.3, 0.4) is 0 Å². The summed E-state index contributed by atoms with van der Waals surface area (Å²) in [7, 11) is 0. The van der Waals surface area contributed by atoms with Crippen LogP contribution in [-0.4, -0.2) is 366 Å². The Morgan fingerprint density at radius 2 is 0.682 bits per heavy atom. The first kappa shape index (κ1) is 130. The fraction of sp³-hybridized carbons (Fsp3) is 0.611. The van der Waals surface area contributed by atoms with E-state index in [1.165, 1.54) is 32.5 Å². The normalized spacial score (nSPS) is 14.9. The minimum atomic E-state index is -2.02. The Morgan fingerprint density at radius 3 is 1.09 bits per heavy atom. The summed E-state index contributed by atoms with van der Waals surface area (Å²) in [5.41, 5.74) is 46.0. The second-order valence-corrected chi connectivity index (χ2v) is 35.9. The number of unbranched alkanes of at least 4 members (excludes halogenated alkanes) is 3. The molecule has 2 rings (SSSR count). The number of aliphatic hydroxyl groups excluding tert-OH is 5. The van der Waals surface area contributed by atoms with Crippen LogP contribution in [0.4, 0.5) is 0 Å². The van der Waals surface area contributed by atoms with Crippen molar-refractivity contribution in [2.24, 2.45) is 51.8 Å². The number of amides is 21. The molecule has 0 aliphatic rings. The van der Waals surface area contributed by atoms with Gasteiger partial charge in [-0.15, -0.1) is 0 Å². The second-order valence-electron chi connectivity index (χ2n) is 34.9. The van der Waals surface area contributed by atoms with Crippen molar-refractivity contribution in [2.75, 3.05) is 84.2 Å². The van der Waals surface area contributed by atoms with Gasteiger partial charge in [0, 0.05) is 32.4 Å². The van der Waals surface area contributed by atoms with Crippen LogP contribution in [0.25, 0.3) is 0 Å². The van der Waals surface area contributed by atoms with Gasteiger partial charge < -0.3 is 183 Å². The summed E-state index contributed by atoms with van der Waals surface area (Å²) in [6.07, 6.45) is -3.54. The Morgan fingerprint density at radius 1 is 0.338 bits per heavy atom. The first-order valence-electron chi connectivity index (χ1n) is 47.9. The number of carboxylic acids is 1. The minimum absolute atomic E-state index is 0.00375. The minimum Gasteiger partial charge on any atom is -0.480 e. The Balaban J connectivity index is 2.34. The van der Waals surface area contributed by atoms with Gasteiger partial charge in [-0.1, -0.05) is 74.5 Å². The van der Waals surface area contributed by atoms with E-state index in [4.69, 9.17) is 51.3 Å². The number of nitrogens with one attached hydrogen (secondary N) is 21. The van der Waals surface area contributed by atoms with Crippen molar-refractivity contribution in [1.29, 1.82) is 5.41 Å². The highest BCUT2D eigenvalue weighted by Gasteiger charge is 2.40. The monoisotopic (exact) mass is 2120 g/mol. The van der Waals surface area contributed by atoms with Crippen LogP contribution in [0, 0.1) is 11.3 Å². The molecule has 0 unspecified atom stereocenters. The zero-order valence-corrected chi connectivity index (χ0v) is 84.3. The Kier molecular flexibility index (Phi) is 62.2. The molecule has 0 aliphatic carbocycles. The molecule has 828 valence electrons. The number of carbonyl (C=O) groups excluding carboxylic acids is 21. The molecule has 0 aromatic heterocycles. The van der Waals surface area contributed by atoms with E-state index in [0.717, 1.165) is 13.8 Å². The molecule has 58 heteroatoms. The van der Waals surface area contributed by atoms with Crippen molar-refractivity contribution in [3.63, 3.8) is 0 Å². The van der Waals surface area contributed by atoms with Gasteiger partial charge in [-0.25, -0.2) is 4.79 Å². The number of hydrogen-bond donors (Lipinski definition) is 35. The van der Waals surface area contributed by atoms with Crippen LogP contribution in [-0.2, 0) is 118 Å². The standard InChI is InChI=1S/C90H149N29O28S/c1-46(2)70(117-68(128)41-101-75(132)61(38-66(97)126)113-84(141)62(39-94)114-83(140)59(111-74(131)52(95)43-120)36-50-20-9-7-10-21-50)86(143)102-42-69(129)118-71(48(4)123)87(144)103-40-67(127)105-58(30-35-148-6)80(137)107-54(25-14-17-32-92)77(134)108-55(26-15-18-33-93)81(138)119-72(49(5)124)88(145)115-63(44-121)85(142)112-60(37-51-22-11-8-12-23-51)82(139)110-57(28-29-65(96)125)79(136)109-56(27-19-34-100-90(98)99)76(133)104-47(3)73(130)106-53(24-13-16-31-91)78(135)116-64(45-122)89(146)147/h7-12,20-23,46-49,52-64,70-72,120-124H,13-19,24-45,91-95H2,1-6H3,(H2,96,125)(H2,97,126)(H,101,132)(H,102,143)(H,103,144)(H,104,133)(H,105,127)(H,106,130)(H,107,137)(H,108,134)(H,109,136)(H,110,139)(H,111,131)(H,112,142)(H,113,141)(H,114,140)(H,115,145)(H,116,135)(H,117,128)(H,118,129)(H,119,138)(H,146,147)(H4,98,99,100)/t47-,48+,49+,52-,53-,54-,55-,56-,57-,58-,59-,60-,61-,62-,63-,64-,70-,71-,72-/m0/s1. The first-order chi connectivity index (χ1) is 70.0. The molecule has 0 heterocycles. The number of hydrogen-bond acceptors (Lipinski definition) is 34. The molecule has 0 saturated carbocycles. The van der Waals surface area contributed by atoms with Gasteiger partial charge in [-0.3, -0.25) is 106 Å². The lowest BCUT2D eigenvalue weighted by Crippen LogP contribution is -2.62. The molecule has 57 nitrogen and oxygen atoms in total. The van der Waals surface area contributed by atoms with Crippen molar-refractivity contribution in [3.8, 4) is 0 Å². The third-order valence-corrected chi connectivity index (χ3v) is 22.9. The quantitative estimate of drug-likeness (QED) is 0.0166. The van der Waals surface area contributed by atoms with Crippen molar-refractivity contribution < 1.29 is 136 Å². The second kappa shape index (κ2) is 70.7. The van der Waals surface area contributed by atoms with Gasteiger partial charge in [0.15, 0.2) is 5.96 Å². The van der Waals surface area contributed by atoms with E-state index in [0.29, 0.717) is 24.0 Å². The summed E-state index contributed by atoms with van der Waals surface area (Å²) in [5, 5.41) is 116. The molecule has 19 atom stereocenters. The maximum atomic E-state index is 14.7. The van der Waals surface area contributed by atoms with Gasteiger partial charge in [-0.05, 0) is 153 Å². The van der Waals surface area contributed by atoms with Crippen molar-refractivity contribution in [3.05, 3.63) is 71.8 Å². The molecular formula is C90H149N29O28S. The summed E-state index contributed by atoms with van der Waals surface area (Å²) in [5.74, 6) is -24.9. The predicted molar refractivity (Wildman–Crippen MR) is 533 cm³/mol. The van der Waals surface area contributed by atoms with Gasteiger partial charge in [0.2, 0.25) is 124 Å². The molecule has 0 saturated heterocycles. The summed E-state index contributed by atoms with van der Waals surface area (Å²) in [6, 6.07) is -11.6. The molecule has 2 aromatic carbocycles. The third-order valence-electron chi connectivity index (χ3n) is 22.2. The molecule has 148 heavy (non-hydrogen) atoms. The van der Waals surface area contributed by atoms with E-state index in [1.807, 2.05) is 0 Å². The van der Waals surface area contributed by atoms with Crippen LogP contribution in [0.5, 0.6) is 0 Å². The van der Waals surface area contributed by atoms with Crippen molar-refractivity contribution >= 4 is 148 Å². The maximum Gasteiger partial charge on any atom is 0.328 e. The molecule has 0 spiro atoms. The van der Waals surface area contributed by atoms with Crippen LogP contribution in [0.15, 0.2) is 60.7 Å². The van der Waals surface area contributed by atoms with E-state index < -0.39 is 322 Å². The smallest absolute Gasteiger partial charge is 0.328 e. The molecule has 0 fully saturated rings. The van der Waals surface area contributed by atoms with Gasteiger partial charge in [0.25, 0.3) is 0 Å².